The van der Waals surface area contributed by atoms with Crippen molar-refractivity contribution in [3.63, 3.8) is 0 Å². The Labute approximate surface area is 114 Å². The maximum absolute atomic E-state index is 12.1. The Bertz CT molecular complexity index is 806. The Hall–Kier alpha value is -2.13. The molecular formula is C15H11ClN2O. The standard InChI is InChI=1S/C15H11ClN2O/c1-9-2-7-13-12(8-9)15(19)18-14(17-13)10-3-5-11(16)6-4-10/h2-8H,1H3,(H,17,18,19). The summed E-state index contributed by atoms with van der Waals surface area (Å²) >= 11 is 5.85. The van der Waals surface area contributed by atoms with E-state index in [2.05, 4.69) is 9.97 Å². The highest BCUT2D eigenvalue weighted by molar-refractivity contribution is 6.30. The fourth-order valence-corrected chi connectivity index (χ4v) is 2.12. The molecule has 2 aromatic carbocycles. The third-order valence-corrected chi connectivity index (χ3v) is 3.23. The fourth-order valence-electron chi connectivity index (χ4n) is 2.00. The summed E-state index contributed by atoms with van der Waals surface area (Å²) in [7, 11) is 0. The van der Waals surface area contributed by atoms with Crippen LogP contribution in [0.15, 0.2) is 47.3 Å². The van der Waals surface area contributed by atoms with Crippen LogP contribution in [0.2, 0.25) is 5.02 Å². The van der Waals surface area contributed by atoms with E-state index in [0.717, 1.165) is 11.1 Å². The van der Waals surface area contributed by atoms with Crippen molar-refractivity contribution in [3.05, 3.63) is 63.4 Å². The predicted octanol–water partition coefficient (Wildman–Crippen LogP) is 3.55. The summed E-state index contributed by atoms with van der Waals surface area (Å²) in [6.07, 6.45) is 0. The van der Waals surface area contributed by atoms with Crippen LogP contribution in [0.3, 0.4) is 0 Å². The second kappa shape index (κ2) is 4.52. The molecule has 0 atom stereocenters. The van der Waals surface area contributed by atoms with Crippen LogP contribution in [0, 0.1) is 6.92 Å². The summed E-state index contributed by atoms with van der Waals surface area (Å²) in [6, 6.07) is 12.9. The topological polar surface area (TPSA) is 45.8 Å². The SMILES string of the molecule is Cc1ccc2nc(-c3ccc(Cl)cc3)[nH]c(=O)c2c1. The van der Waals surface area contributed by atoms with Crippen LogP contribution in [0.1, 0.15) is 5.56 Å². The molecule has 0 unspecified atom stereocenters. The number of aromatic amines is 1. The van der Waals surface area contributed by atoms with E-state index in [1.807, 2.05) is 37.3 Å². The van der Waals surface area contributed by atoms with Crippen LogP contribution < -0.4 is 5.56 Å². The van der Waals surface area contributed by atoms with E-state index in [1.54, 1.807) is 12.1 Å². The molecule has 0 aliphatic carbocycles. The maximum atomic E-state index is 12.1. The number of aromatic nitrogens is 2. The Morgan fingerprint density at radius 3 is 2.58 bits per heavy atom. The van der Waals surface area contributed by atoms with Gasteiger partial charge < -0.3 is 4.98 Å². The largest absolute Gasteiger partial charge is 0.306 e. The monoisotopic (exact) mass is 270 g/mol. The molecule has 0 radical (unpaired) electrons. The lowest BCUT2D eigenvalue weighted by molar-refractivity contribution is 1.18. The van der Waals surface area contributed by atoms with Crippen molar-refractivity contribution in [2.24, 2.45) is 0 Å². The van der Waals surface area contributed by atoms with Crippen molar-refractivity contribution in [2.75, 3.05) is 0 Å². The van der Waals surface area contributed by atoms with Crippen LogP contribution in [0.5, 0.6) is 0 Å². The zero-order chi connectivity index (χ0) is 13.4. The zero-order valence-corrected chi connectivity index (χ0v) is 11.0. The molecule has 3 aromatic rings. The molecule has 0 amide bonds. The van der Waals surface area contributed by atoms with E-state index < -0.39 is 0 Å². The van der Waals surface area contributed by atoms with Crippen LogP contribution in [-0.2, 0) is 0 Å². The van der Waals surface area contributed by atoms with Gasteiger partial charge in [0.1, 0.15) is 5.82 Å². The highest BCUT2D eigenvalue weighted by atomic mass is 35.5. The summed E-state index contributed by atoms with van der Waals surface area (Å²) in [5.41, 5.74) is 2.45. The minimum absolute atomic E-state index is 0.126. The molecule has 0 saturated heterocycles. The molecule has 1 N–H and O–H groups in total. The summed E-state index contributed by atoms with van der Waals surface area (Å²) in [6.45, 7) is 1.95. The molecule has 1 heterocycles. The number of nitrogens with zero attached hydrogens (tertiary/aromatic N) is 1. The van der Waals surface area contributed by atoms with Gasteiger partial charge in [0.05, 0.1) is 10.9 Å². The molecule has 0 bridgehead atoms. The number of halogens is 1. The first-order chi connectivity index (χ1) is 9.13. The quantitative estimate of drug-likeness (QED) is 0.735. The average molecular weight is 271 g/mol. The van der Waals surface area contributed by atoms with Crippen molar-refractivity contribution in [2.45, 2.75) is 6.92 Å². The maximum Gasteiger partial charge on any atom is 0.259 e. The van der Waals surface area contributed by atoms with E-state index in [9.17, 15) is 4.79 Å². The first-order valence-electron chi connectivity index (χ1n) is 5.90. The Morgan fingerprint density at radius 1 is 1.11 bits per heavy atom. The fraction of sp³-hybridized carbons (Fsp3) is 0.0667. The minimum atomic E-state index is -0.126. The highest BCUT2D eigenvalue weighted by Crippen LogP contribution is 2.19. The average Bonchev–Trinajstić information content (AvgIpc) is 2.40. The van der Waals surface area contributed by atoms with E-state index in [-0.39, 0.29) is 5.56 Å². The molecule has 19 heavy (non-hydrogen) atoms. The van der Waals surface area contributed by atoms with Crippen molar-refractivity contribution >= 4 is 22.5 Å². The van der Waals surface area contributed by atoms with Gasteiger partial charge in [0.25, 0.3) is 5.56 Å². The molecular weight excluding hydrogens is 260 g/mol. The van der Waals surface area contributed by atoms with Crippen LogP contribution in [0.25, 0.3) is 22.3 Å². The molecule has 1 aromatic heterocycles. The van der Waals surface area contributed by atoms with Crippen LogP contribution >= 0.6 is 11.6 Å². The number of hydrogen-bond acceptors (Lipinski definition) is 2. The summed E-state index contributed by atoms with van der Waals surface area (Å²) in [5, 5.41) is 1.26. The number of hydrogen-bond donors (Lipinski definition) is 1. The molecule has 3 nitrogen and oxygen atoms in total. The van der Waals surface area contributed by atoms with Gasteiger partial charge >= 0.3 is 0 Å². The smallest absolute Gasteiger partial charge is 0.259 e. The molecule has 94 valence electrons. The lowest BCUT2D eigenvalue weighted by Gasteiger charge is -2.04. The van der Waals surface area contributed by atoms with Gasteiger partial charge in [-0.25, -0.2) is 4.98 Å². The van der Waals surface area contributed by atoms with Gasteiger partial charge in [-0.3, -0.25) is 4.79 Å². The van der Waals surface area contributed by atoms with Crippen molar-refractivity contribution < 1.29 is 0 Å². The summed E-state index contributed by atoms with van der Waals surface area (Å²) in [4.78, 5) is 19.4. The van der Waals surface area contributed by atoms with Gasteiger partial charge in [-0.15, -0.1) is 0 Å². The first-order valence-corrected chi connectivity index (χ1v) is 6.28. The van der Waals surface area contributed by atoms with Crippen LogP contribution in [0.4, 0.5) is 0 Å². The molecule has 0 spiro atoms. The number of rotatable bonds is 1. The van der Waals surface area contributed by atoms with Gasteiger partial charge in [-0.2, -0.15) is 0 Å². The van der Waals surface area contributed by atoms with Gasteiger partial charge in [0.2, 0.25) is 0 Å². The number of aryl methyl sites for hydroxylation is 1. The molecule has 0 aliphatic rings. The number of nitrogens with one attached hydrogen (secondary N) is 1. The molecule has 0 fully saturated rings. The second-order valence-corrected chi connectivity index (χ2v) is 4.88. The summed E-state index contributed by atoms with van der Waals surface area (Å²) < 4.78 is 0. The zero-order valence-electron chi connectivity index (χ0n) is 10.3. The Morgan fingerprint density at radius 2 is 1.84 bits per heavy atom. The second-order valence-electron chi connectivity index (χ2n) is 4.44. The number of benzene rings is 2. The Kier molecular flexibility index (Phi) is 2.84. The molecule has 4 heteroatoms. The van der Waals surface area contributed by atoms with E-state index in [1.165, 1.54) is 0 Å². The van der Waals surface area contributed by atoms with E-state index >= 15 is 0 Å². The van der Waals surface area contributed by atoms with Crippen molar-refractivity contribution in [1.82, 2.24) is 9.97 Å². The van der Waals surface area contributed by atoms with E-state index in [4.69, 9.17) is 11.6 Å². The van der Waals surface area contributed by atoms with Crippen molar-refractivity contribution in [3.8, 4) is 11.4 Å². The molecule has 0 saturated carbocycles. The van der Waals surface area contributed by atoms with E-state index in [0.29, 0.717) is 21.7 Å². The molecule has 0 aliphatic heterocycles. The number of fused-ring (bicyclic) bond motifs is 1. The normalized spacial score (nSPS) is 10.8. The third-order valence-electron chi connectivity index (χ3n) is 2.98. The van der Waals surface area contributed by atoms with Gasteiger partial charge in [0.15, 0.2) is 0 Å². The van der Waals surface area contributed by atoms with Crippen LogP contribution in [-0.4, -0.2) is 9.97 Å². The first kappa shape index (κ1) is 11.9. The predicted molar refractivity (Wildman–Crippen MR) is 77.5 cm³/mol. The third kappa shape index (κ3) is 2.25. The lowest BCUT2D eigenvalue weighted by Crippen LogP contribution is -2.09. The van der Waals surface area contributed by atoms with Gasteiger partial charge in [-0.1, -0.05) is 23.2 Å². The molecule has 3 rings (SSSR count). The number of H-pyrrole nitrogens is 1. The lowest BCUT2D eigenvalue weighted by atomic mass is 10.1. The van der Waals surface area contributed by atoms with Crippen molar-refractivity contribution in [1.29, 1.82) is 0 Å². The minimum Gasteiger partial charge on any atom is -0.306 e. The summed E-state index contributed by atoms with van der Waals surface area (Å²) in [5.74, 6) is 0.554. The van der Waals surface area contributed by atoms with Gasteiger partial charge in [-0.05, 0) is 43.3 Å². The Balaban J connectivity index is 2.24. The highest BCUT2D eigenvalue weighted by Gasteiger charge is 2.06. The van der Waals surface area contributed by atoms with Gasteiger partial charge in [0, 0.05) is 10.6 Å².